The number of aliphatic hydroxyl groups excluding tert-OH is 2. The first-order valence-corrected chi connectivity index (χ1v) is 17.7. The van der Waals surface area contributed by atoms with Crippen LogP contribution in [0.5, 0.6) is 5.75 Å². The van der Waals surface area contributed by atoms with Crippen LogP contribution in [0, 0.1) is 13.8 Å². The molecule has 240 valence electrons. The number of benzene rings is 3. The minimum Gasteiger partial charge on any atom is -0.507 e. The number of hydrogen-bond acceptors (Lipinski definition) is 5. The smallest absolute Gasteiger partial charge is 0.261 e. The van der Waals surface area contributed by atoms with Crippen molar-refractivity contribution in [1.82, 2.24) is 4.98 Å². The van der Waals surface area contributed by atoms with Crippen molar-refractivity contribution in [3.63, 3.8) is 0 Å². The SMILES string of the molecule is C=C(CO[Si](c1ccccc1)(c1ccccc1)C(C)(C)C)/C(=C/CO)C(O)CC/C(=C/c1cc(C)c(O)c(C)c1)c1ccccn1. The molecule has 0 saturated heterocycles. The molecular formula is C40H47NO4Si. The molecule has 5 nitrogen and oxygen atoms in total. The maximum Gasteiger partial charge on any atom is 0.261 e. The Bertz CT molecular complexity index is 1600. The van der Waals surface area contributed by atoms with E-state index < -0.39 is 14.4 Å². The lowest BCUT2D eigenvalue weighted by Crippen LogP contribution is -2.66. The highest BCUT2D eigenvalue weighted by atomic mass is 28.4. The Kier molecular flexibility index (Phi) is 11.7. The lowest BCUT2D eigenvalue weighted by Gasteiger charge is -2.43. The highest BCUT2D eigenvalue weighted by Crippen LogP contribution is 2.37. The van der Waals surface area contributed by atoms with Crippen LogP contribution in [0.4, 0.5) is 0 Å². The summed E-state index contributed by atoms with van der Waals surface area (Å²) in [5, 5.41) is 33.9. The summed E-state index contributed by atoms with van der Waals surface area (Å²) >= 11 is 0. The van der Waals surface area contributed by atoms with Gasteiger partial charge in [0.2, 0.25) is 0 Å². The Morgan fingerprint density at radius 2 is 1.48 bits per heavy atom. The van der Waals surface area contributed by atoms with Gasteiger partial charge in [-0.05, 0) is 106 Å². The Hall–Kier alpha value is -4.07. The summed E-state index contributed by atoms with van der Waals surface area (Å²) in [6.45, 7) is 14.8. The first kappa shape index (κ1) is 34.8. The first-order chi connectivity index (χ1) is 22.0. The number of nitrogens with zero attached hydrogens (tertiary/aromatic N) is 1. The van der Waals surface area contributed by atoms with Crippen molar-refractivity contribution >= 4 is 30.3 Å². The van der Waals surface area contributed by atoms with Gasteiger partial charge in [-0.2, -0.15) is 0 Å². The third kappa shape index (κ3) is 8.01. The maximum atomic E-state index is 11.6. The average Bonchev–Trinajstić information content (AvgIpc) is 3.05. The molecule has 0 saturated carbocycles. The fraction of sp³-hybridized carbons (Fsp3) is 0.275. The van der Waals surface area contributed by atoms with Crippen molar-refractivity contribution in [1.29, 1.82) is 0 Å². The van der Waals surface area contributed by atoms with E-state index in [1.165, 1.54) is 10.4 Å². The second kappa shape index (κ2) is 15.5. The topological polar surface area (TPSA) is 82.8 Å². The third-order valence-electron chi connectivity index (χ3n) is 8.49. The van der Waals surface area contributed by atoms with Gasteiger partial charge in [0.15, 0.2) is 0 Å². The van der Waals surface area contributed by atoms with Gasteiger partial charge in [-0.3, -0.25) is 4.98 Å². The maximum absolute atomic E-state index is 11.6. The lowest BCUT2D eigenvalue weighted by atomic mass is 9.94. The third-order valence-corrected chi connectivity index (χ3v) is 13.5. The Morgan fingerprint density at radius 3 is 1.98 bits per heavy atom. The molecule has 3 N–H and O–H groups in total. The zero-order chi connectivity index (χ0) is 33.3. The van der Waals surface area contributed by atoms with Gasteiger partial charge in [0.25, 0.3) is 8.32 Å². The van der Waals surface area contributed by atoms with Gasteiger partial charge in [-0.25, -0.2) is 0 Å². The van der Waals surface area contributed by atoms with Gasteiger partial charge in [0.1, 0.15) is 5.75 Å². The molecule has 3 aromatic carbocycles. The summed E-state index contributed by atoms with van der Waals surface area (Å²) in [5.74, 6) is 0.296. The molecule has 0 bridgehead atoms. The number of phenols is 1. The van der Waals surface area contributed by atoms with Crippen LogP contribution in [0.3, 0.4) is 0 Å². The molecule has 46 heavy (non-hydrogen) atoms. The molecule has 0 aliphatic carbocycles. The van der Waals surface area contributed by atoms with Crippen molar-refractivity contribution in [2.45, 2.75) is 58.6 Å². The zero-order valence-corrected chi connectivity index (χ0v) is 28.7. The number of aryl methyl sites for hydroxylation is 2. The molecule has 1 aromatic heterocycles. The molecule has 1 unspecified atom stereocenters. The zero-order valence-electron chi connectivity index (χ0n) is 27.7. The summed E-state index contributed by atoms with van der Waals surface area (Å²) in [7, 11) is -2.82. The van der Waals surface area contributed by atoms with E-state index in [-0.39, 0.29) is 18.3 Å². The molecule has 0 aliphatic rings. The van der Waals surface area contributed by atoms with E-state index in [4.69, 9.17) is 4.43 Å². The monoisotopic (exact) mass is 633 g/mol. The van der Waals surface area contributed by atoms with Crippen molar-refractivity contribution in [2.75, 3.05) is 13.2 Å². The van der Waals surface area contributed by atoms with Gasteiger partial charge >= 0.3 is 0 Å². The van der Waals surface area contributed by atoms with Crippen LogP contribution in [0.25, 0.3) is 11.6 Å². The van der Waals surface area contributed by atoms with E-state index in [1.807, 2.05) is 56.3 Å². The van der Waals surface area contributed by atoms with Crippen LogP contribution in [0.2, 0.25) is 5.04 Å². The molecule has 0 fully saturated rings. The lowest BCUT2D eigenvalue weighted by molar-refractivity contribution is 0.199. The van der Waals surface area contributed by atoms with Crippen LogP contribution in [0.15, 0.2) is 121 Å². The van der Waals surface area contributed by atoms with Gasteiger partial charge in [-0.15, -0.1) is 0 Å². The normalized spacial score (nSPS) is 13.5. The largest absolute Gasteiger partial charge is 0.507 e. The van der Waals surface area contributed by atoms with Crippen molar-refractivity contribution in [3.05, 3.63) is 143 Å². The second-order valence-corrected chi connectivity index (χ2v) is 17.1. The molecular weight excluding hydrogens is 587 g/mol. The number of aromatic nitrogens is 1. The number of hydrogen-bond donors (Lipinski definition) is 3. The van der Waals surface area contributed by atoms with E-state index in [2.05, 4.69) is 86.9 Å². The van der Waals surface area contributed by atoms with E-state index in [0.29, 0.717) is 29.7 Å². The van der Waals surface area contributed by atoms with E-state index in [0.717, 1.165) is 28.0 Å². The number of pyridine rings is 1. The second-order valence-electron chi connectivity index (χ2n) is 12.8. The standard InChI is InChI=1S/C40H47NO4Si/c1-29-25-32(26-30(2)39(29)44)27-33(37-19-13-14-23-41-37)20-21-38(43)36(22-24-42)31(3)28-45-46(40(4,5)6,34-15-9-7-10-16-34)35-17-11-8-12-18-35/h7-19,22-23,25-27,38,42-44H,3,20-21,24,28H2,1-2,4-6H3/b33-27-,36-22-. The van der Waals surface area contributed by atoms with Crippen LogP contribution in [-0.4, -0.2) is 47.9 Å². The molecule has 6 heteroatoms. The highest BCUT2D eigenvalue weighted by molar-refractivity contribution is 6.99. The van der Waals surface area contributed by atoms with Crippen molar-refractivity contribution in [2.24, 2.45) is 0 Å². The Balaban J connectivity index is 1.60. The number of aliphatic hydroxyl groups is 2. The van der Waals surface area contributed by atoms with Gasteiger partial charge in [-0.1, -0.05) is 100 Å². The van der Waals surface area contributed by atoms with Crippen LogP contribution in [0.1, 0.15) is 56.0 Å². The summed E-state index contributed by atoms with van der Waals surface area (Å²) in [4.78, 5) is 4.58. The number of phenolic OH excluding ortho intramolecular Hbond substituents is 1. The number of aromatic hydroxyl groups is 1. The fourth-order valence-corrected chi connectivity index (χ4v) is 10.7. The van der Waals surface area contributed by atoms with Crippen molar-refractivity contribution < 1.29 is 19.7 Å². The molecule has 0 radical (unpaired) electrons. The molecule has 1 atom stereocenters. The average molecular weight is 634 g/mol. The molecule has 4 aromatic rings. The minimum absolute atomic E-state index is 0.206. The predicted octanol–water partition coefficient (Wildman–Crippen LogP) is 7.14. The Labute approximate surface area is 275 Å². The first-order valence-electron chi connectivity index (χ1n) is 15.8. The predicted molar refractivity (Wildman–Crippen MR) is 193 cm³/mol. The molecule has 0 amide bonds. The Morgan fingerprint density at radius 1 is 0.913 bits per heavy atom. The molecule has 0 spiro atoms. The van der Waals surface area contributed by atoms with E-state index in [9.17, 15) is 15.3 Å². The summed E-state index contributed by atoms with van der Waals surface area (Å²) in [6, 6.07) is 30.5. The molecule has 1 heterocycles. The minimum atomic E-state index is -2.82. The van der Waals surface area contributed by atoms with Gasteiger partial charge in [0.05, 0.1) is 25.0 Å². The number of allylic oxidation sites excluding steroid dienone is 1. The summed E-state index contributed by atoms with van der Waals surface area (Å²) < 4.78 is 7.08. The molecule has 4 rings (SSSR count). The highest BCUT2D eigenvalue weighted by Gasteiger charge is 2.50. The number of rotatable bonds is 13. The van der Waals surface area contributed by atoms with E-state index in [1.54, 1.807) is 12.3 Å². The van der Waals surface area contributed by atoms with Crippen LogP contribution < -0.4 is 10.4 Å². The van der Waals surface area contributed by atoms with Crippen LogP contribution in [-0.2, 0) is 4.43 Å². The quantitative estimate of drug-likeness (QED) is 0.108. The summed E-state index contributed by atoms with van der Waals surface area (Å²) in [6.07, 6.45) is 5.50. The van der Waals surface area contributed by atoms with E-state index >= 15 is 0 Å². The molecule has 0 aliphatic heterocycles. The van der Waals surface area contributed by atoms with Gasteiger partial charge in [0, 0.05) is 6.20 Å². The van der Waals surface area contributed by atoms with Crippen LogP contribution >= 0.6 is 0 Å². The fourth-order valence-electron chi connectivity index (χ4n) is 6.20. The van der Waals surface area contributed by atoms with Crippen molar-refractivity contribution in [3.8, 4) is 5.75 Å². The summed E-state index contributed by atoms with van der Waals surface area (Å²) in [5.41, 5.74) is 5.56. The van der Waals surface area contributed by atoms with Gasteiger partial charge < -0.3 is 19.7 Å².